The van der Waals surface area contributed by atoms with Crippen molar-refractivity contribution in [2.45, 2.75) is 24.7 Å². The van der Waals surface area contributed by atoms with Gasteiger partial charge in [-0.2, -0.15) is 0 Å². The summed E-state index contributed by atoms with van der Waals surface area (Å²) in [6, 6.07) is 1.19. The van der Waals surface area contributed by atoms with Crippen LogP contribution < -0.4 is 11.2 Å². The first-order chi connectivity index (χ1) is 9.30. The van der Waals surface area contributed by atoms with Crippen molar-refractivity contribution in [2.75, 3.05) is 12.4 Å². The highest BCUT2D eigenvalue weighted by Gasteiger charge is 2.24. The molecule has 2 heterocycles. The molecule has 0 spiro atoms. The summed E-state index contributed by atoms with van der Waals surface area (Å²) in [6.45, 7) is 0.588. The molecule has 0 bridgehead atoms. The van der Waals surface area contributed by atoms with Crippen molar-refractivity contribution < 1.29 is 13.2 Å². The fraction of sp³-hybridized carbons (Fsp3) is 0.667. The summed E-state index contributed by atoms with van der Waals surface area (Å²) in [7, 11) is -0.606. The number of ether oxygens (including phenoxy) is 1. The van der Waals surface area contributed by atoms with E-state index in [9.17, 15) is 18.0 Å². The molecule has 1 aliphatic heterocycles. The van der Waals surface area contributed by atoms with Crippen LogP contribution in [-0.4, -0.2) is 36.0 Å². The summed E-state index contributed by atoms with van der Waals surface area (Å²) < 4.78 is 31.7. The Labute approximate surface area is 116 Å². The van der Waals surface area contributed by atoms with Crippen LogP contribution in [0.4, 0.5) is 0 Å². The lowest BCUT2D eigenvalue weighted by Crippen LogP contribution is -2.38. The summed E-state index contributed by atoms with van der Waals surface area (Å²) in [6.07, 6.45) is 1.32. The summed E-state index contributed by atoms with van der Waals surface area (Å²) >= 11 is 0. The van der Waals surface area contributed by atoms with Crippen LogP contribution in [-0.2, 0) is 34.4 Å². The smallest absolute Gasteiger partial charge is 0.330 e. The predicted octanol–water partition coefficient (Wildman–Crippen LogP) is -0.822. The minimum atomic E-state index is -3.42. The molecule has 8 heteroatoms. The molecule has 2 rings (SSSR count). The number of hydrogen-bond donors (Lipinski definition) is 0. The zero-order valence-corrected chi connectivity index (χ0v) is 12.4. The molecule has 0 amide bonds. The Kier molecular flexibility index (Phi) is 4.14. The molecule has 20 heavy (non-hydrogen) atoms. The number of rotatable bonds is 4. The van der Waals surface area contributed by atoms with Gasteiger partial charge in [0, 0.05) is 32.5 Å². The van der Waals surface area contributed by atoms with Gasteiger partial charge in [-0.3, -0.25) is 13.9 Å². The third-order valence-corrected chi connectivity index (χ3v) is 5.07. The van der Waals surface area contributed by atoms with Gasteiger partial charge in [-0.15, -0.1) is 0 Å². The summed E-state index contributed by atoms with van der Waals surface area (Å²) in [5, 5.41) is 0. The van der Waals surface area contributed by atoms with Crippen molar-refractivity contribution in [3.8, 4) is 0 Å². The van der Waals surface area contributed by atoms with Crippen LogP contribution in [0.3, 0.4) is 0 Å². The fourth-order valence-electron chi connectivity index (χ4n) is 2.26. The molecule has 1 aromatic heterocycles. The van der Waals surface area contributed by atoms with E-state index in [1.54, 1.807) is 0 Å². The molecule has 0 radical (unpaired) electrons. The van der Waals surface area contributed by atoms with E-state index in [0.29, 0.717) is 6.61 Å². The highest BCUT2D eigenvalue weighted by Crippen LogP contribution is 2.15. The van der Waals surface area contributed by atoms with E-state index in [-0.39, 0.29) is 23.3 Å². The van der Waals surface area contributed by atoms with Gasteiger partial charge in [-0.1, -0.05) is 0 Å². The molecule has 1 atom stereocenters. The quantitative estimate of drug-likeness (QED) is 0.725. The largest absolute Gasteiger partial charge is 0.377 e. The van der Waals surface area contributed by atoms with E-state index in [1.807, 2.05) is 0 Å². The molecule has 1 fully saturated rings. The maximum absolute atomic E-state index is 12.1. The Balaban J connectivity index is 2.25. The van der Waals surface area contributed by atoms with E-state index in [4.69, 9.17) is 4.74 Å². The van der Waals surface area contributed by atoms with E-state index in [1.165, 1.54) is 24.7 Å². The molecular weight excluding hydrogens is 284 g/mol. The molecule has 1 aromatic rings. The average molecular weight is 302 g/mol. The number of nitrogens with zero attached hydrogens (tertiary/aromatic N) is 2. The van der Waals surface area contributed by atoms with E-state index < -0.39 is 21.1 Å². The zero-order valence-electron chi connectivity index (χ0n) is 11.5. The monoisotopic (exact) mass is 302 g/mol. The predicted molar refractivity (Wildman–Crippen MR) is 73.4 cm³/mol. The SMILES string of the molecule is Cn1c(CS(=O)(=O)C[C@H]2CCCO2)cc(=O)n(C)c1=O. The van der Waals surface area contributed by atoms with Gasteiger partial charge in [0.1, 0.15) is 0 Å². The van der Waals surface area contributed by atoms with E-state index in [2.05, 4.69) is 0 Å². The first-order valence-corrected chi connectivity index (χ1v) is 8.20. The van der Waals surface area contributed by atoms with E-state index >= 15 is 0 Å². The normalized spacial score (nSPS) is 19.4. The van der Waals surface area contributed by atoms with Crippen LogP contribution in [0.5, 0.6) is 0 Å². The lowest BCUT2D eigenvalue weighted by Gasteiger charge is -2.12. The van der Waals surface area contributed by atoms with Crippen molar-refractivity contribution >= 4 is 9.84 Å². The van der Waals surface area contributed by atoms with Crippen LogP contribution in [0.2, 0.25) is 0 Å². The molecular formula is C12H18N2O5S. The van der Waals surface area contributed by atoms with Gasteiger partial charge in [0.25, 0.3) is 5.56 Å². The Morgan fingerprint density at radius 3 is 2.60 bits per heavy atom. The Bertz CT molecular complexity index is 710. The third-order valence-electron chi connectivity index (χ3n) is 3.46. The molecule has 112 valence electrons. The van der Waals surface area contributed by atoms with E-state index in [0.717, 1.165) is 17.4 Å². The van der Waals surface area contributed by atoms with Gasteiger partial charge in [0.05, 0.1) is 17.6 Å². The number of aromatic nitrogens is 2. The van der Waals surface area contributed by atoms with Gasteiger partial charge >= 0.3 is 5.69 Å². The zero-order chi connectivity index (χ0) is 14.9. The molecule has 1 aliphatic rings. The van der Waals surface area contributed by atoms with Gasteiger partial charge in [0.15, 0.2) is 9.84 Å². The van der Waals surface area contributed by atoms with Crippen LogP contribution in [0.1, 0.15) is 18.5 Å². The topological polar surface area (TPSA) is 87.4 Å². The molecule has 0 unspecified atom stereocenters. The van der Waals surface area contributed by atoms with Gasteiger partial charge < -0.3 is 4.74 Å². The van der Waals surface area contributed by atoms with Gasteiger partial charge in [0.2, 0.25) is 0 Å². The fourth-order valence-corrected chi connectivity index (χ4v) is 3.93. The Hall–Kier alpha value is -1.41. The standard InChI is InChI=1S/C12H18N2O5S/c1-13-9(6-11(15)14(2)12(13)16)7-20(17,18)8-10-4-3-5-19-10/h6,10H,3-5,7-8H2,1-2H3/t10-/m1/s1. The summed E-state index contributed by atoms with van der Waals surface area (Å²) in [5.41, 5.74) is -0.827. The lowest BCUT2D eigenvalue weighted by atomic mass is 10.3. The van der Waals surface area contributed by atoms with Crippen molar-refractivity contribution in [3.05, 3.63) is 32.6 Å². The molecule has 0 aliphatic carbocycles. The number of sulfone groups is 1. The molecule has 0 saturated carbocycles. The van der Waals surface area contributed by atoms with Gasteiger partial charge in [-0.05, 0) is 12.8 Å². The first kappa shape index (κ1) is 15.0. The van der Waals surface area contributed by atoms with Crippen LogP contribution >= 0.6 is 0 Å². The van der Waals surface area contributed by atoms with Crippen LogP contribution in [0.15, 0.2) is 15.7 Å². The molecule has 1 saturated heterocycles. The molecule has 0 aromatic carbocycles. The summed E-state index contributed by atoms with van der Waals surface area (Å²) in [5.74, 6) is -0.398. The third kappa shape index (κ3) is 3.18. The van der Waals surface area contributed by atoms with Gasteiger partial charge in [-0.25, -0.2) is 13.2 Å². The highest BCUT2D eigenvalue weighted by atomic mass is 32.2. The second-order valence-electron chi connectivity index (χ2n) is 5.06. The highest BCUT2D eigenvalue weighted by molar-refractivity contribution is 7.90. The first-order valence-electron chi connectivity index (χ1n) is 6.38. The van der Waals surface area contributed by atoms with Crippen LogP contribution in [0.25, 0.3) is 0 Å². The van der Waals surface area contributed by atoms with Crippen molar-refractivity contribution in [3.63, 3.8) is 0 Å². The minimum absolute atomic E-state index is 0.0730. The molecule has 7 nitrogen and oxygen atoms in total. The van der Waals surface area contributed by atoms with Crippen molar-refractivity contribution in [1.82, 2.24) is 9.13 Å². The average Bonchev–Trinajstić information content (AvgIpc) is 2.85. The second kappa shape index (κ2) is 5.53. The Morgan fingerprint density at radius 1 is 1.30 bits per heavy atom. The van der Waals surface area contributed by atoms with Crippen molar-refractivity contribution in [2.24, 2.45) is 14.1 Å². The number of hydrogen-bond acceptors (Lipinski definition) is 5. The van der Waals surface area contributed by atoms with Crippen LogP contribution in [0, 0.1) is 0 Å². The minimum Gasteiger partial charge on any atom is -0.377 e. The second-order valence-corrected chi connectivity index (χ2v) is 7.17. The maximum atomic E-state index is 12.1. The summed E-state index contributed by atoms with van der Waals surface area (Å²) in [4.78, 5) is 23.3. The van der Waals surface area contributed by atoms with Crippen molar-refractivity contribution in [1.29, 1.82) is 0 Å². The Morgan fingerprint density at radius 2 is 2.00 bits per heavy atom. The lowest BCUT2D eigenvalue weighted by molar-refractivity contribution is 0.127. The molecule has 0 N–H and O–H groups in total. The maximum Gasteiger partial charge on any atom is 0.330 e.